The molecule has 0 bridgehead atoms. The van der Waals surface area contributed by atoms with E-state index in [0.717, 1.165) is 61.6 Å². The Balaban J connectivity index is 1.87. The first kappa shape index (κ1) is 14.4. The van der Waals surface area contributed by atoms with E-state index in [4.69, 9.17) is 0 Å². The Bertz CT molecular complexity index is 541. The number of amides is 1. The van der Waals surface area contributed by atoms with Crippen LogP contribution in [0.25, 0.3) is 0 Å². The number of nitrogens with zero attached hydrogens (tertiary/aromatic N) is 2. The fourth-order valence-electron chi connectivity index (χ4n) is 3.71. The average molecular weight is 290 g/mol. The van der Waals surface area contributed by atoms with Crippen molar-refractivity contribution in [2.45, 2.75) is 64.3 Å². The number of anilines is 2. The lowest BCUT2D eigenvalue weighted by Crippen LogP contribution is -2.54. The van der Waals surface area contributed by atoms with Crippen molar-refractivity contribution in [3.63, 3.8) is 0 Å². The summed E-state index contributed by atoms with van der Waals surface area (Å²) in [5.74, 6) is 1.89. The highest BCUT2D eigenvalue weighted by Gasteiger charge is 2.46. The van der Waals surface area contributed by atoms with Gasteiger partial charge in [-0.25, -0.2) is 0 Å². The molecule has 1 aromatic rings. The van der Waals surface area contributed by atoms with Gasteiger partial charge in [0.2, 0.25) is 5.91 Å². The first-order valence-corrected chi connectivity index (χ1v) is 8.25. The van der Waals surface area contributed by atoms with Gasteiger partial charge in [-0.2, -0.15) is 5.10 Å². The molecule has 5 heteroatoms. The number of carbonyl (C=O) groups excluding carboxylic acids is 1. The molecule has 2 aliphatic rings. The van der Waals surface area contributed by atoms with Crippen molar-refractivity contribution in [3.05, 3.63) is 5.69 Å². The normalized spacial score (nSPS) is 28.1. The molecule has 0 aromatic carbocycles. The molecule has 1 aliphatic heterocycles. The maximum atomic E-state index is 12.7. The highest BCUT2D eigenvalue weighted by Crippen LogP contribution is 2.42. The van der Waals surface area contributed by atoms with Crippen LogP contribution in [0.3, 0.4) is 0 Å². The van der Waals surface area contributed by atoms with E-state index < -0.39 is 5.54 Å². The molecule has 0 radical (unpaired) electrons. The second-order valence-corrected chi connectivity index (χ2v) is 6.56. The monoisotopic (exact) mass is 290 g/mol. The van der Waals surface area contributed by atoms with Crippen LogP contribution in [-0.4, -0.2) is 21.2 Å². The predicted molar refractivity (Wildman–Crippen MR) is 84.4 cm³/mol. The fraction of sp³-hybridized carbons (Fsp3) is 0.750. The summed E-state index contributed by atoms with van der Waals surface area (Å²) in [4.78, 5) is 12.7. The zero-order valence-electron chi connectivity index (χ0n) is 13.3. The third-order valence-electron chi connectivity index (χ3n) is 5.17. The Morgan fingerprint density at radius 2 is 2.05 bits per heavy atom. The van der Waals surface area contributed by atoms with E-state index in [1.807, 2.05) is 11.7 Å². The van der Waals surface area contributed by atoms with Gasteiger partial charge in [0.05, 0.1) is 5.69 Å². The van der Waals surface area contributed by atoms with Crippen molar-refractivity contribution in [1.29, 1.82) is 0 Å². The van der Waals surface area contributed by atoms with Crippen LogP contribution in [0, 0.1) is 5.92 Å². The largest absolute Gasteiger partial charge is 0.354 e. The quantitative estimate of drug-likeness (QED) is 0.899. The van der Waals surface area contributed by atoms with E-state index in [2.05, 4.69) is 29.6 Å². The molecule has 1 aliphatic carbocycles. The van der Waals surface area contributed by atoms with E-state index in [-0.39, 0.29) is 5.91 Å². The molecule has 5 nitrogen and oxygen atoms in total. The Morgan fingerprint density at radius 1 is 1.33 bits per heavy atom. The summed E-state index contributed by atoms with van der Waals surface area (Å²) >= 11 is 0. The summed E-state index contributed by atoms with van der Waals surface area (Å²) in [6, 6.07) is 0. The van der Waals surface area contributed by atoms with Crippen molar-refractivity contribution < 1.29 is 4.79 Å². The van der Waals surface area contributed by atoms with Gasteiger partial charge in [-0.3, -0.25) is 9.48 Å². The summed E-state index contributed by atoms with van der Waals surface area (Å²) in [6.45, 7) is 4.37. The molecule has 1 saturated carbocycles. The van der Waals surface area contributed by atoms with Crippen molar-refractivity contribution in [2.24, 2.45) is 13.0 Å². The van der Waals surface area contributed by atoms with Crippen LogP contribution in [0.15, 0.2) is 0 Å². The molecule has 1 spiro atoms. The number of aromatic nitrogens is 2. The number of carbonyl (C=O) groups is 1. The molecule has 0 atom stereocenters. The number of hydrogen-bond donors (Lipinski definition) is 2. The lowest BCUT2D eigenvalue weighted by Gasteiger charge is -2.42. The van der Waals surface area contributed by atoms with Crippen LogP contribution >= 0.6 is 0 Å². The van der Waals surface area contributed by atoms with E-state index >= 15 is 0 Å². The molecule has 1 amide bonds. The first-order chi connectivity index (χ1) is 10.1. The summed E-state index contributed by atoms with van der Waals surface area (Å²) in [5, 5.41) is 11.3. The topological polar surface area (TPSA) is 59.0 Å². The molecular weight excluding hydrogens is 264 g/mol. The number of rotatable bonds is 3. The molecule has 1 fully saturated rings. The number of aryl methyl sites for hydroxylation is 2. The van der Waals surface area contributed by atoms with Gasteiger partial charge in [0.25, 0.3) is 0 Å². The Morgan fingerprint density at radius 3 is 2.67 bits per heavy atom. The second kappa shape index (κ2) is 5.35. The van der Waals surface area contributed by atoms with E-state index in [0.29, 0.717) is 0 Å². The molecule has 0 saturated heterocycles. The van der Waals surface area contributed by atoms with Crippen LogP contribution < -0.4 is 10.6 Å². The van der Waals surface area contributed by atoms with Crippen molar-refractivity contribution in [3.8, 4) is 0 Å². The smallest absolute Gasteiger partial charge is 0.250 e. The molecule has 1 aromatic heterocycles. The number of hydrogen-bond acceptors (Lipinski definition) is 3. The Labute approximate surface area is 126 Å². The minimum atomic E-state index is -0.421. The number of fused-ring (bicyclic) bond motifs is 1. The van der Waals surface area contributed by atoms with Crippen LogP contribution in [0.2, 0.25) is 0 Å². The lowest BCUT2D eigenvalue weighted by atomic mass is 9.74. The van der Waals surface area contributed by atoms with Crippen molar-refractivity contribution in [2.75, 3.05) is 10.6 Å². The maximum Gasteiger partial charge on any atom is 0.250 e. The second-order valence-electron chi connectivity index (χ2n) is 6.56. The molecule has 0 unspecified atom stereocenters. The van der Waals surface area contributed by atoms with Gasteiger partial charge in [-0.05, 0) is 38.0 Å². The van der Waals surface area contributed by atoms with Gasteiger partial charge in [-0.1, -0.05) is 26.7 Å². The summed E-state index contributed by atoms with van der Waals surface area (Å²) in [7, 11) is 1.95. The first-order valence-electron chi connectivity index (χ1n) is 8.25. The van der Waals surface area contributed by atoms with E-state index in [9.17, 15) is 4.79 Å². The van der Waals surface area contributed by atoms with Gasteiger partial charge >= 0.3 is 0 Å². The van der Waals surface area contributed by atoms with Crippen LogP contribution in [0.5, 0.6) is 0 Å². The van der Waals surface area contributed by atoms with Crippen LogP contribution in [-0.2, 0) is 18.3 Å². The lowest BCUT2D eigenvalue weighted by molar-refractivity contribution is -0.121. The highest BCUT2D eigenvalue weighted by atomic mass is 16.2. The minimum Gasteiger partial charge on any atom is -0.354 e. The zero-order valence-corrected chi connectivity index (χ0v) is 13.3. The fourth-order valence-corrected chi connectivity index (χ4v) is 3.71. The Hall–Kier alpha value is -1.52. The molecule has 2 N–H and O–H groups in total. The van der Waals surface area contributed by atoms with E-state index in [1.165, 1.54) is 6.42 Å². The average Bonchev–Trinajstić information content (AvgIpc) is 2.77. The van der Waals surface area contributed by atoms with Crippen LogP contribution in [0.4, 0.5) is 11.5 Å². The number of nitrogens with one attached hydrogen (secondary N) is 2. The molecule has 3 rings (SSSR count). The molecule has 21 heavy (non-hydrogen) atoms. The van der Waals surface area contributed by atoms with Gasteiger partial charge in [0, 0.05) is 7.05 Å². The minimum absolute atomic E-state index is 0.134. The van der Waals surface area contributed by atoms with Crippen molar-refractivity contribution in [1.82, 2.24) is 9.78 Å². The van der Waals surface area contributed by atoms with Gasteiger partial charge in [-0.15, -0.1) is 0 Å². The summed E-state index contributed by atoms with van der Waals surface area (Å²) in [5.41, 5.74) is 1.47. The van der Waals surface area contributed by atoms with Gasteiger partial charge < -0.3 is 10.6 Å². The molecular formula is C16H26N4O. The predicted octanol–water partition coefficient (Wildman–Crippen LogP) is 3.08. The summed E-state index contributed by atoms with van der Waals surface area (Å²) in [6.07, 6.45) is 7.25. The highest BCUT2D eigenvalue weighted by molar-refractivity contribution is 6.06. The van der Waals surface area contributed by atoms with Gasteiger partial charge in [0.1, 0.15) is 17.0 Å². The van der Waals surface area contributed by atoms with E-state index in [1.54, 1.807) is 0 Å². The van der Waals surface area contributed by atoms with Crippen LogP contribution in [0.1, 0.15) is 58.1 Å². The molecule has 2 heterocycles. The maximum absolute atomic E-state index is 12.7. The van der Waals surface area contributed by atoms with Crippen molar-refractivity contribution >= 4 is 17.4 Å². The summed E-state index contributed by atoms with van der Waals surface area (Å²) < 4.78 is 1.88. The third-order valence-corrected chi connectivity index (χ3v) is 5.17. The van der Waals surface area contributed by atoms with Gasteiger partial charge in [0.15, 0.2) is 0 Å². The standard InChI is InChI=1S/C16H26N4O/c1-4-6-12-13-14(20(3)19-12)18-16(15(21)17-13)9-7-11(5-2)8-10-16/h11,18H,4-10H2,1-3H3,(H,17,21). The Kier molecular flexibility index (Phi) is 3.68. The SMILES string of the molecule is CCCc1nn(C)c2c1NC(=O)C1(CCC(CC)CC1)N2. The third kappa shape index (κ3) is 2.32. The zero-order chi connectivity index (χ0) is 15.0. The molecule has 116 valence electrons.